The van der Waals surface area contributed by atoms with Crippen molar-refractivity contribution in [3.05, 3.63) is 0 Å². The van der Waals surface area contributed by atoms with Gasteiger partial charge in [-0.2, -0.15) is 0 Å². The van der Waals surface area contributed by atoms with Crippen LogP contribution in [0.1, 0.15) is 83.1 Å². The Kier molecular flexibility index (Phi) is 18.3. The molecule has 0 spiro atoms. The highest BCUT2D eigenvalue weighted by Crippen LogP contribution is 2.37. The smallest absolute Gasteiger partial charge is 0.347 e. The highest BCUT2D eigenvalue weighted by molar-refractivity contribution is 6.74. The van der Waals surface area contributed by atoms with E-state index in [1.165, 1.54) is 27.7 Å². The minimum absolute atomic E-state index is 0.0670. The van der Waals surface area contributed by atoms with Gasteiger partial charge in [0.25, 0.3) is 0 Å². The molecular weight excluding hydrogens is 684 g/mol. The first kappa shape index (κ1) is 45.9. The molecule has 50 heavy (non-hydrogen) atoms. The molecule has 286 valence electrons. The van der Waals surface area contributed by atoms with E-state index < -0.39 is 105 Å². The fraction of sp³-hybridized carbons (Fsp3) is 0.750. The Hall–Kier alpha value is -4.06. The number of carbonyl (C=O) groups excluding carboxylic acids is 8. The van der Waals surface area contributed by atoms with E-state index in [4.69, 9.17) is 42.3 Å². The molecule has 0 fully saturated rings. The maximum atomic E-state index is 12.5. The molecule has 0 saturated carbocycles. The molecule has 8 atom stereocenters. The first-order valence-electron chi connectivity index (χ1n) is 16.0. The van der Waals surface area contributed by atoms with Gasteiger partial charge in [-0.15, -0.1) is 0 Å². The van der Waals surface area contributed by atoms with Crippen molar-refractivity contribution in [3.63, 3.8) is 0 Å². The van der Waals surface area contributed by atoms with Crippen LogP contribution in [0, 0.1) is 0 Å². The molecule has 0 aliphatic heterocycles. The lowest BCUT2D eigenvalue weighted by atomic mass is 10.2. The lowest BCUT2D eigenvalue weighted by Gasteiger charge is -2.37. The third-order valence-electron chi connectivity index (χ3n) is 7.27. The molecule has 0 aliphatic carbocycles. The Morgan fingerprint density at radius 2 is 0.620 bits per heavy atom. The average molecular weight is 737 g/mol. The van der Waals surface area contributed by atoms with E-state index in [0.29, 0.717) is 0 Å². The summed E-state index contributed by atoms with van der Waals surface area (Å²) in [4.78, 5) is 98.3. The van der Waals surface area contributed by atoms with E-state index >= 15 is 0 Å². The van der Waals surface area contributed by atoms with Crippen molar-refractivity contribution < 1.29 is 80.7 Å². The predicted molar refractivity (Wildman–Crippen MR) is 173 cm³/mol. The van der Waals surface area contributed by atoms with Crippen molar-refractivity contribution in [1.29, 1.82) is 0 Å². The van der Waals surface area contributed by atoms with Crippen molar-refractivity contribution in [1.82, 2.24) is 0 Å². The van der Waals surface area contributed by atoms with Crippen LogP contribution in [0.3, 0.4) is 0 Å². The second kappa shape index (κ2) is 20.0. The number of carbonyl (C=O) groups is 8. The molecule has 0 amide bonds. The zero-order valence-corrected chi connectivity index (χ0v) is 32.3. The SMILES string of the molecule is CCOC(=O)[C@H](C)OC(=O)[C@H](C)OC(=O)[C@H](C)OC(=O)[C@H](C)OC(=O)[C@H](C)OC(=O)[C@H](C)OC(=O)[C@H](C)OC(=O)[C@H](C)O[Si](C)(C)C(C)(C)C. The second-order valence-electron chi connectivity index (χ2n) is 12.8. The number of ether oxygens (including phenoxy) is 8. The van der Waals surface area contributed by atoms with Crippen molar-refractivity contribution in [3.8, 4) is 0 Å². The minimum Gasteiger partial charge on any atom is -0.463 e. The molecule has 0 aromatic heterocycles. The predicted octanol–water partition coefficient (Wildman–Crippen LogP) is 2.48. The van der Waals surface area contributed by atoms with E-state index in [-0.39, 0.29) is 11.6 Å². The molecule has 0 rings (SSSR count). The minimum atomic E-state index is -2.31. The largest absolute Gasteiger partial charge is 0.463 e. The summed E-state index contributed by atoms with van der Waals surface area (Å²) in [7, 11) is -2.31. The number of rotatable bonds is 18. The zero-order valence-electron chi connectivity index (χ0n) is 31.3. The molecule has 17 nitrogen and oxygen atoms in total. The summed E-state index contributed by atoms with van der Waals surface area (Å²) in [6.45, 7) is 21.3. The van der Waals surface area contributed by atoms with E-state index in [0.717, 1.165) is 27.7 Å². The molecule has 0 N–H and O–H groups in total. The van der Waals surface area contributed by atoms with E-state index in [1.54, 1.807) is 6.92 Å². The highest BCUT2D eigenvalue weighted by atomic mass is 28.4. The first-order valence-corrected chi connectivity index (χ1v) is 18.9. The van der Waals surface area contributed by atoms with Crippen molar-refractivity contribution in [2.75, 3.05) is 6.61 Å². The standard InChI is InChI=1S/C32H52O17Si/c1-15-41-24(33)16(2)42-25(34)17(3)43-26(35)18(4)44-27(36)19(5)45-28(37)20(6)46-29(38)21(7)47-30(39)22(8)48-31(40)23(9)49-50(13,14)32(10,11)12/h16-23H,15H2,1-14H3/t16-,17-,18-,19-,20-,21-,22-,23-/m0/s1. The lowest BCUT2D eigenvalue weighted by Crippen LogP contribution is -2.46. The summed E-state index contributed by atoms with van der Waals surface area (Å²) in [5, 5.41) is -0.172. The molecule has 0 aromatic rings. The topological polar surface area (TPSA) is 220 Å². The van der Waals surface area contributed by atoms with Crippen LogP contribution in [0.2, 0.25) is 18.1 Å². The summed E-state index contributed by atoms with van der Waals surface area (Å²) in [5.41, 5.74) is 0. The second-order valence-corrected chi connectivity index (χ2v) is 17.6. The van der Waals surface area contributed by atoms with Crippen LogP contribution in [0.25, 0.3) is 0 Å². The quantitative estimate of drug-likeness (QED) is 0.112. The fourth-order valence-electron chi connectivity index (χ4n) is 3.15. The van der Waals surface area contributed by atoms with Gasteiger partial charge in [0.05, 0.1) is 6.61 Å². The van der Waals surface area contributed by atoms with Gasteiger partial charge in [-0.25, -0.2) is 38.4 Å². The summed E-state index contributed by atoms with van der Waals surface area (Å²) < 4.78 is 45.5. The Morgan fingerprint density at radius 3 is 0.820 bits per heavy atom. The number of hydrogen-bond acceptors (Lipinski definition) is 17. The molecule has 0 aromatic carbocycles. The van der Waals surface area contributed by atoms with Crippen molar-refractivity contribution >= 4 is 56.1 Å². The summed E-state index contributed by atoms with van der Waals surface area (Å²) in [6.07, 6.45) is -11.3. The first-order chi connectivity index (χ1) is 22.7. The third kappa shape index (κ3) is 15.2. The fourth-order valence-corrected chi connectivity index (χ4v) is 4.49. The summed E-state index contributed by atoms with van der Waals surface area (Å²) in [6, 6.07) is 0. The molecule has 0 heterocycles. The van der Waals surface area contributed by atoms with Gasteiger partial charge in [0, 0.05) is 0 Å². The van der Waals surface area contributed by atoms with Gasteiger partial charge in [0.15, 0.2) is 51.0 Å². The van der Waals surface area contributed by atoms with Gasteiger partial charge in [0.2, 0.25) is 0 Å². The molecule has 0 aliphatic rings. The Balaban J connectivity index is 4.88. The van der Waals surface area contributed by atoms with Crippen LogP contribution in [-0.2, 0) is 80.7 Å². The van der Waals surface area contributed by atoms with Gasteiger partial charge in [-0.05, 0) is 80.4 Å². The van der Waals surface area contributed by atoms with Gasteiger partial charge in [0.1, 0.15) is 6.10 Å². The Bertz CT molecular complexity index is 1240. The van der Waals surface area contributed by atoms with Crippen LogP contribution < -0.4 is 0 Å². The molecule has 18 heteroatoms. The van der Waals surface area contributed by atoms with E-state index in [2.05, 4.69) is 0 Å². The van der Waals surface area contributed by atoms with E-state index in [9.17, 15) is 38.4 Å². The maximum Gasteiger partial charge on any atom is 0.347 e. The Labute approximate surface area is 293 Å². The number of esters is 8. The van der Waals surface area contributed by atoms with Crippen molar-refractivity contribution in [2.45, 2.75) is 150 Å². The van der Waals surface area contributed by atoms with Crippen molar-refractivity contribution in [2.24, 2.45) is 0 Å². The summed E-state index contributed by atoms with van der Waals surface area (Å²) >= 11 is 0. The molecule has 0 saturated heterocycles. The third-order valence-corrected chi connectivity index (χ3v) is 11.8. The monoisotopic (exact) mass is 736 g/mol. The van der Waals surface area contributed by atoms with Crippen LogP contribution >= 0.6 is 0 Å². The number of hydrogen-bond donors (Lipinski definition) is 0. The highest BCUT2D eigenvalue weighted by Gasteiger charge is 2.40. The molecular formula is C32H52O17Si. The van der Waals surface area contributed by atoms with Crippen LogP contribution in [-0.4, -0.2) is 112 Å². The van der Waals surface area contributed by atoms with E-state index in [1.807, 2.05) is 33.9 Å². The maximum absolute atomic E-state index is 12.5. The Morgan fingerprint density at radius 1 is 0.420 bits per heavy atom. The van der Waals surface area contributed by atoms with Gasteiger partial charge >= 0.3 is 47.8 Å². The average Bonchev–Trinajstić information content (AvgIpc) is 2.99. The zero-order chi connectivity index (χ0) is 39.3. The van der Waals surface area contributed by atoms with Crippen LogP contribution in [0.4, 0.5) is 0 Å². The molecule has 0 radical (unpaired) electrons. The van der Waals surface area contributed by atoms with Gasteiger partial charge < -0.3 is 42.3 Å². The molecule has 0 bridgehead atoms. The summed E-state index contributed by atoms with van der Waals surface area (Å²) in [5.74, 6) is -8.34. The normalized spacial score (nSPS) is 16.4. The molecule has 0 unspecified atom stereocenters. The van der Waals surface area contributed by atoms with Crippen LogP contribution in [0.5, 0.6) is 0 Å². The van der Waals surface area contributed by atoms with Gasteiger partial charge in [-0.3, -0.25) is 0 Å². The lowest BCUT2D eigenvalue weighted by molar-refractivity contribution is -0.189. The van der Waals surface area contributed by atoms with Crippen LogP contribution in [0.15, 0.2) is 0 Å². The van der Waals surface area contributed by atoms with Gasteiger partial charge in [-0.1, -0.05) is 20.8 Å².